The molecule has 1 saturated heterocycles. The molecule has 0 aromatic carbocycles. The van der Waals surface area contributed by atoms with Crippen LogP contribution in [-0.4, -0.2) is 34.3 Å². The molecule has 5 nitrogen and oxygen atoms in total. The van der Waals surface area contributed by atoms with Crippen LogP contribution in [0.4, 0.5) is 0 Å². The molecule has 0 bridgehead atoms. The molecule has 0 spiro atoms. The van der Waals surface area contributed by atoms with Gasteiger partial charge in [0.25, 0.3) is 0 Å². The quantitative estimate of drug-likeness (QED) is 0.842. The van der Waals surface area contributed by atoms with Crippen LogP contribution < -0.4 is 5.32 Å². The maximum atomic E-state index is 5.50. The Morgan fingerprint density at radius 3 is 3.29 bits per heavy atom. The Morgan fingerprint density at radius 2 is 2.53 bits per heavy atom. The summed E-state index contributed by atoms with van der Waals surface area (Å²) in [6, 6.07) is 4.10. The van der Waals surface area contributed by atoms with Crippen LogP contribution in [-0.2, 0) is 11.3 Å². The summed E-state index contributed by atoms with van der Waals surface area (Å²) in [5.41, 5.74) is 1.91. The first kappa shape index (κ1) is 10.7. The van der Waals surface area contributed by atoms with Gasteiger partial charge in [-0.2, -0.15) is 0 Å². The highest BCUT2D eigenvalue weighted by molar-refractivity contribution is 5.71. The van der Waals surface area contributed by atoms with Crippen LogP contribution in [0, 0.1) is 0 Å². The zero-order valence-corrected chi connectivity index (χ0v) is 9.89. The molecule has 90 valence electrons. The van der Waals surface area contributed by atoms with Crippen LogP contribution in [0.25, 0.3) is 11.2 Å². The molecule has 0 amide bonds. The highest BCUT2D eigenvalue weighted by Gasteiger charge is 2.22. The van der Waals surface area contributed by atoms with E-state index in [4.69, 9.17) is 4.74 Å². The van der Waals surface area contributed by atoms with Gasteiger partial charge in [-0.05, 0) is 19.1 Å². The van der Waals surface area contributed by atoms with Crippen molar-refractivity contribution >= 4 is 11.2 Å². The fourth-order valence-electron chi connectivity index (χ4n) is 2.29. The lowest BCUT2D eigenvalue weighted by atomic mass is 10.2. The van der Waals surface area contributed by atoms with E-state index in [0.29, 0.717) is 6.61 Å². The Hall–Kier alpha value is -1.46. The minimum atomic E-state index is 0.179. The fraction of sp³-hybridized carbons (Fsp3) is 0.500. The fourth-order valence-corrected chi connectivity index (χ4v) is 2.29. The van der Waals surface area contributed by atoms with E-state index in [1.807, 2.05) is 18.3 Å². The van der Waals surface area contributed by atoms with Crippen molar-refractivity contribution in [3.8, 4) is 0 Å². The highest BCUT2D eigenvalue weighted by atomic mass is 16.5. The van der Waals surface area contributed by atoms with Gasteiger partial charge in [0.15, 0.2) is 5.65 Å². The van der Waals surface area contributed by atoms with Gasteiger partial charge in [0.2, 0.25) is 0 Å². The second kappa shape index (κ2) is 4.43. The summed E-state index contributed by atoms with van der Waals surface area (Å²) in [4.78, 5) is 9.06. The topological polar surface area (TPSA) is 52.0 Å². The Balaban J connectivity index is 2.08. The molecule has 1 fully saturated rings. The first-order chi connectivity index (χ1) is 8.40. The Bertz CT molecular complexity index is 516. The molecule has 2 aromatic rings. The van der Waals surface area contributed by atoms with Gasteiger partial charge < -0.3 is 14.6 Å². The highest BCUT2D eigenvalue weighted by Crippen LogP contribution is 2.20. The number of aromatic nitrogens is 3. The Labute approximate surface area is 99.8 Å². The molecular formula is C12H16N4O. The molecule has 5 heteroatoms. The second-order valence-corrected chi connectivity index (χ2v) is 4.14. The summed E-state index contributed by atoms with van der Waals surface area (Å²) in [6.07, 6.45) is 1.81. The summed E-state index contributed by atoms with van der Waals surface area (Å²) < 4.78 is 7.65. The number of rotatable bonds is 2. The average Bonchev–Trinajstić information content (AvgIpc) is 2.78. The normalized spacial score (nSPS) is 20.9. The first-order valence-electron chi connectivity index (χ1n) is 6.02. The van der Waals surface area contributed by atoms with Crippen LogP contribution in [0.3, 0.4) is 0 Å². The van der Waals surface area contributed by atoms with E-state index >= 15 is 0 Å². The number of ether oxygens (including phenoxy) is 1. The van der Waals surface area contributed by atoms with Crippen LogP contribution in [0.15, 0.2) is 18.3 Å². The van der Waals surface area contributed by atoms with E-state index in [2.05, 4.69) is 26.8 Å². The Kier molecular flexibility index (Phi) is 2.78. The van der Waals surface area contributed by atoms with Crippen molar-refractivity contribution in [3.63, 3.8) is 0 Å². The van der Waals surface area contributed by atoms with Crippen LogP contribution in [0.1, 0.15) is 18.8 Å². The number of pyridine rings is 1. The smallest absolute Gasteiger partial charge is 0.160 e. The van der Waals surface area contributed by atoms with Gasteiger partial charge >= 0.3 is 0 Å². The summed E-state index contributed by atoms with van der Waals surface area (Å²) in [6.45, 7) is 5.33. The third kappa shape index (κ3) is 1.81. The number of imidazole rings is 1. The largest absolute Gasteiger partial charge is 0.378 e. The van der Waals surface area contributed by atoms with Crippen LogP contribution >= 0.6 is 0 Å². The molecule has 0 saturated carbocycles. The van der Waals surface area contributed by atoms with Crippen molar-refractivity contribution < 1.29 is 4.74 Å². The third-order valence-electron chi connectivity index (χ3n) is 3.08. The molecule has 1 unspecified atom stereocenters. The molecule has 2 aromatic heterocycles. The number of aryl methyl sites for hydroxylation is 1. The van der Waals surface area contributed by atoms with Gasteiger partial charge in [-0.3, -0.25) is 0 Å². The van der Waals surface area contributed by atoms with Crippen molar-refractivity contribution in [1.29, 1.82) is 0 Å². The van der Waals surface area contributed by atoms with E-state index < -0.39 is 0 Å². The molecule has 1 atom stereocenters. The van der Waals surface area contributed by atoms with Crippen molar-refractivity contribution in [2.24, 2.45) is 0 Å². The number of nitrogens with zero attached hydrogens (tertiary/aromatic N) is 3. The molecule has 3 rings (SSSR count). The summed E-state index contributed by atoms with van der Waals surface area (Å²) in [5.74, 6) is 1.03. The van der Waals surface area contributed by atoms with E-state index in [9.17, 15) is 0 Å². The molecule has 1 aliphatic rings. The molecular weight excluding hydrogens is 216 g/mol. The summed E-state index contributed by atoms with van der Waals surface area (Å²) in [7, 11) is 0. The van der Waals surface area contributed by atoms with Crippen molar-refractivity contribution in [2.75, 3.05) is 19.8 Å². The average molecular weight is 232 g/mol. The Morgan fingerprint density at radius 1 is 1.59 bits per heavy atom. The molecule has 17 heavy (non-hydrogen) atoms. The molecule has 3 heterocycles. The second-order valence-electron chi connectivity index (χ2n) is 4.14. The molecule has 1 aliphatic heterocycles. The van der Waals surface area contributed by atoms with Crippen molar-refractivity contribution in [1.82, 2.24) is 19.9 Å². The minimum Gasteiger partial charge on any atom is -0.378 e. The maximum Gasteiger partial charge on any atom is 0.160 e. The summed E-state index contributed by atoms with van der Waals surface area (Å²) in [5, 5.41) is 3.43. The molecule has 1 N–H and O–H groups in total. The van der Waals surface area contributed by atoms with Crippen LogP contribution in [0.5, 0.6) is 0 Å². The monoisotopic (exact) mass is 232 g/mol. The molecule has 0 aliphatic carbocycles. The zero-order chi connectivity index (χ0) is 11.7. The van der Waals surface area contributed by atoms with Gasteiger partial charge in [0.05, 0.1) is 19.3 Å². The van der Waals surface area contributed by atoms with E-state index in [1.165, 1.54) is 0 Å². The lowest BCUT2D eigenvalue weighted by Gasteiger charge is -2.23. The minimum absolute atomic E-state index is 0.179. The van der Waals surface area contributed by atoms with Gasteiger partial charge in [-0.25, -0.2) is 9.97 Å². The predicted octanol–water partition coefficient (Wildman–Crippen LogP) is 1.11. The third-order valence-corrected chi connectivity index (χ3v) is 3.08. The van der Waals surface area contributed by atoms with Crippen molar-refractivity contribution in [3.05, 3.63) is 24.2 Å². The molecule has 0 radical (unpaired) electrons. The maximum absolute atomic E-state index is 5.50. The SMILES string of the molecule is CCn1c(C2COCCN2)nc2cccnc21. The van der Waals surface area contributed by atoms with Gasteiger partial charge in [0, 0.05) is 19.3 Å². The number of morpholine rings is 1. The number of hydrogen-bond donors (Lipinski definition) is 1. The van der Waals surface area contributed by atoms with Gasteiger partial charge in [-0.15, -0.1) is 0 Å². The van der Waals surface area contributed by atoms with E-state index in [1.54, 1.807) is 0 Å². The van der Waals surface area contributed by atoms with E-state index in [-0.39, 0.29) is 6.04 Å². The predicted molar refractivity (Wildman–Crippen MR) is 64.8 cm³/mol. The first-order valence-corrected chi connectivity index (χ1v) is 6.02. The zero-order valence-electron chi connectivity index (χ0n) is 9.89. The van der Waals surface area contributed by atoms with Gasteiger partial charge in [-0.1, -0.05) is 0 Å². The lowest BCUT2D eigenvalue weighted by molar-refractivity contribution is 0.0733. The standard InChI is InChI=1S/C12H16N4O/c1-2-16-11-9(4-3-5-14-11)15-12(16)10-8-17-7-6-13-10/h3-5,10,13H,2,6-8H2,1H3. The van der Waals surface area contributed by atoms with Crippen LogP contribution in [0.2, 0.25) is 0 Å². The number of hydrogen-bond acceptors (Lipinski definition) is 4. The lowest BCUT2D eigenvalue weighted by Crippen LogP contribution is -2.36. The van der Waals surface area contributed by atoms with E-state index in [0.717, 1.165) is 36.7 Å². The summed E-state index contributed by atoms with van der Waals surface area (Å²) >= 11 is 0. The number of fused-ring (bicyclic) bond motifs is 1. The van der Waals surface area contributed by atoms with Gasteiger partial charge in [0.1, 0.15) is 11.3 Å². The number of nitrogens with one attached hydrogen (secondary N) is 1. The van der Waals surface area contributed by atoms with Crippen molar-refractivity contribution in [2.45, 2.75) is 19.5 Å².